The molecule has 4 rings (SSSR count). The van der Waals surface area contributed by atoms with Gasteiger partial charge in [-0.1, -0.05) is 23.7 Å². The highest BCUT2D eigenvalue weighted by Crippen LogP contribution is 2.39. The van der Waals surface area contributed by atoms with Crippen molar-refractivity contribution < 1.29 is 22.3 Å². The minimum atomic E-state index is -3.89. The van der Waals surface area contributed by atoms with E-state index in [1.807, 2.05) is 0 Å². The van der Waals surface area contributed by atoms with E-state index in [1.165, 1.54) is 47.8 Å². The molecule has 0 fully saturated rings. The van der Waals surface area contributed by atoms with Crippen LogP contribution >= 0.6 is 11.6 Å². The fraction of sp³-hybridized carbons (Fsp3) is 0.136. The summed E-state index contributed by atoms with van der Waals surface area (Å²) in [6, 6.07) is 14.6. The van der Waals surface area contributed by atoms with Crippen molar-refractivity contribution in [1.82, 2.24) is 0 Å². The summed E-state index contributed by atoms with van der Waals surface area (Å²) in [5.41, 5.74) is 1.53. The maximum atomic E-state index is 13.4. The van der Waals surface area contributed by atoms with Crippen molar-refractivity contribution in [3.05, 3.63) is 82.6 Å². The van der Waals surface area contributed by atoms with Crippen LogP contribution in [-0.4, -0.2) is 28.0 Å². The van der Waals surface area contributed by atoms with Gasteiger partial charge in [-0.2, -0.15) is 0 Å². The van der Waals surface area contributed by atoms with Gasteiger partial charge in [0.2, 0.25) is 0 Å². The van der Waals surface area contributed by atoms with E-state index >= 15 is 0 Å². The lowest BCUT2D eigenvalue weighted by Crippen LogP contribution is -2.29. The molecule has 1 amide bonds. The Morgan fingerprint density at radius 3 is 2.61 bits per heavy atom. The van der Waals surface area contributed by atoms with Gasteiger partial charge in [0.05, 0.1) is 17.7 Å². The molecule has 0 atom stereocenters. The van der Waals surface area contributed by atoms with Gasteiger partial charge in [0.25, 0.3) is 15.9 Å². The first-order valence-electron chi connectivity index (χ1n) is 9.36. The number of ether oxygens (including phenoxy) is 1. The molecule has 3 aromatic rings. The molecule has 31 heavy (non-hydrogen) atoms. The Hall–Kier alpha value is -3.10. The smallest absolute Gasteiger partial charge is 0.264 e. The third-order valence-electron chi connectivity index (χ3n) is 4.97. The highest BCUT2D eigenvalue weighted by Gasteiger charge is 2.33. The van der Waals surface area contributed by atoms with E-state index in [1.54, 1.807) is 24.3 Å². The van der Waals surface area contributed by atoms with Crippen LogP contribution in [0.15, 0.2) is 65.6 Å². The maximum absolute atomic E-state index is 13.4. The summed E-state index contributed by atoms with van der Waals surface area (Å²) in [6.07, 6.45) is 0.435. The Labute approximate surface area is 184 Å². The predicted octanol–water partition coefficient (Wildman–Crippen LogP) is 4.49. The number of nitrogens with zero attached hydrogens (tertiary/aromatic N) is 1. The SMILES string of the molecule is COc1cc(C(=O)Nc2cccc(F)c2)cc2c1CCN2S(=O)(=O)c1cccc(Cl)c1. The fourth-order valence-electron chi connectivity index (χ4n) is 3.53. The van der Waals surface area contributed by atoms with Crippen molar-refractivity contribution in [3.63, 3.8) is 0 Å². The first-order chi connectivity index (χ1) is 14.8. The molecule has 1 N–H and O–H groups in total. The second-order valence-corrected chi connectivity index (χ2v) is 9.22. The van der Waals surface area contributed by atoms with Crippen LogP contribution in [0.25, 0.3) is 0 Å². The average Bonchev–Trinajstić information content (AvgIpc) is 3.18. The Kier molecular flexibility index (Phi) is 5.60. The van der Waals surface area contributed by atoms with E-state index in [0.29, 0.717) is 28.4 Å². The Bertz CT molecular complexity index is 1280. The van der Waals surface area contributed by atoms with Crippen LogP contribution in [0.3, 0.4) is 0 Å². The molecular weight excluding hydrogens is 443 g/mol. The summed E-state index contributed by atoms with van der Waals surface area (Å²) in [5.74, 6) is -0.590. The van der Waals surface area contributed by atoms with E-state index in [-0.39, 0.29) is 22.7 Å². The topological polar surface area (TPSA) is 75.7 Å². The quantitative estimate of drug-likeness (QED) is 0.608. The molecule has 1 aliphatic rings. The lowest BCUT2D eigenvalue weighted by Gasteiger charge is -2.21. The summed E-state index contributed by atoms with van der Waals surface area (Å²) in [6.45, 7) is 0.204. The van der Waals surface area contributed by atoms with E-state index in [4.69, 9.17) is 16.3 Å². The molecular formula is C22H18ClFN2O4S. The minimum absolute atomic E-state index is 0.0569. The molecule has 0 unspecified atom stereocenters. The largest absolute Gasteiger partial charge is 0.496 e. The molecule has 6 nitrogen and oxygen atoms in total. The second kappa shape index (κ2) is 8.20. The number of amides is 1. The molecule has 0 aliphatic carbocycles. The number of carbonyl (C=O) groups is 1. The summed E-state index contributed by atoms with van der Waals surface area (Å²) in [4.78, 5) is 12.8. The summed E-state index contributed by atoms with van der Waals surface area (Å²) >= 11 is 5.98. The summed E-state index contributed by atoms with van der Waals surface area (Å²) < 4.78 is 46.6. The first kappa shape index (κ1) is 21.1. The number of benzene rings is 3. The highest BCUT2D eigenvalue weighted by molar-refractivity contribution is 7.92. The van der Waals surface area contributed by atoms with Gasteiger partial charge in [-0.25, -0.2) is 12.8 Å². The number of hydrogen-bond donors (Lipinski definition) is 1. The third kappa shape index (κ3) is 4.08. The highest BCUT2D eigenvalue weighted by atomic mass is 35.5. The lowest BCUT2D eigenvalue weighted by atomic mass is 10.1. The van der Waals surface area contributed by atoms with Gasteiger partial charge in [0.1, 0.15) is 11.6 Å². The number of sulfonamides is 1. The lowest BCUT2D eigenvalue weighted by molar-refractivity contribution is 0.102. The molecule has 0 spiro atoms. The Morgan fingerprint density at radius 1 is 1.13 bits per heavy atom. The van der Waals surface area contributed by atoms with Crippen LogP contribution in [0.1, 0.15) is 15.9 Å². The van der Waals surface area contributed by atoms with Gasteiger partial charge >= 0.3 is 0 Å². The molecule has 0 radical (unpaired) electrons. The van der Waals surface area contributed by atoms with Crippen LogP contribution in [0.2, 0.25) is 5.02 Å². The van der Waals surface area contributed by atoms with Crippen LogP contribution in [0, 0.1) is 5.82 Å². The van der Waals surface area contributed by atoms with E-state index in [9.17, 15) is 17.6 Å². The van der Waals surface area contributed by atoms with Crippen molar-refractivity contribution in [2.24, 2.45) is 0 Å². The molecule has 1 aliphatic heterocycles. The molecule has 0 saturated heterocycles. The standard InChI is InChI=1S/C22H18ClFN2O4S/c1-30-21-11-14(22(27)25-17-6-3-5-16(24)13-17)10-20-19(21)8-9-26(20)31(28,29)18-7-2-4-15(23)12-18/h2-7,10-13H,8-9H2,1H3,(H,25,27). The molecule has 0 saturated carbocycles. The van der Waals surface area contributed by atoms with Crippen molar-refractivity contribution in [3.8, 4) is 5.75 Å². The fourth-order valence-corrected chi connectivity index (χ4v) is 5.31. The molecule has 160 valence electrons. The van der Waals surface area contributed by atoms with Crippen LogP contribution in [-0.2, 0) is 16.4 Å². The molecule has 9 heteroatoms. The van der Waals surface area contributed by atoms with Gasteiger partial charge in [-0.05, 0) is 55.0 Å². The van der Waals surface area contributed by atoms with Gasteiger partial charge in [-0.15, -0.1) is 0 Å². The third-order valence-corrected chi connectivity index (χ3v) is 7.01. The number of fused-ring (bicyclic) bond motifs is 1. The zero-order valence-corrected chi connectivity index (χ0v) is 18.0. The van der Waals surface area contributed by atoms with Crippen molar-refractivity contribution >= 4 is 38.9 Å². The Balaban J connectivity index is 1.73. The number of hydrogen-bond acceptors (Lipinski definition) is 4. The number of rotatable bonds is 5. The van der Waals surface area contributed by atoms with Crippen LogP contribution in [0.5, 0.6) is 5.75 Å². The molecule has 3 aromatic carbocycles. The number of nitrogens with one attached hydrogen (secondary N) is 1. The van der Waals surface area contributed by atoms with E-state index in [2.05, 4.69) is 5.32 Å². The van der Waals surface area contributed by atoms with Crippen molar-refractivity contribution in [1.29, 1.82) is 0 Å². The molecule has 1 heterocycles. The van der Waals surface area contributed by atoms with Crippen LogP contribution in [0.4, 0.5) is 15.8 Å². The summed E-state index contributed by atoms with van der Waals surface area (Å²) in [7, 11) is -2.44. The van der Waals surface area contributed by atoms with E-state index < -0.39 is 21.7 Å². The van der Waals surface area contributed by atoms with Crippen molar-refractivity contribution in [2.45, 2.75) is 11.3 Å². The molecule has 0 bridgehead atoms. The predicted molar refractivity (Wildman–Crippen MR) is 117 cm³/mol. The minimum Gasteiger partial charge on any atom is -0.496 e. The maximum Gasteiger partial charge on any atom is 0.264 e. The van der Waals surface area contributed by atoms with Crippen LogP contribution < -0.4 is 14.4 Å². The zero-order valence-electron chi connectivity index (χ0n) is 16.4. The zero-order chi connectivity index (χ0) is 22.2. The number of carbonyl (C=O) groups excluding carboxylic acids is 1. The van der Waals surface area contributed by atoms with Gasteiger partial charge in [0, 0.05) is 28.4 Å². The average molecular weight is 461 g/mol. The Morgan fingerprint density at radius 2 is 1.90 bits per heavy atom. The first-order valence-corrected chi connectivity index (χ1v) is 11.2. The number of methoxy groups -OCH3 is 1. The number of anilines is 2. The normalized spacial score (nSPS) is 13.1. The van der Waals surface area contributed by atoms with Gasteiger partial charge in [0.15, 0.2) is 0 Å². The van der Waals surface area contributed by atoms with E-state index in [0.717, 1.165) is 0 Å². The van der Waals surface area contributed by atoms with Crippen molar-refractivity contribution in [2.75, 3.05) is 23.3 Å². The number of halogens is 2. The summed E-state index contributed by atoms with van der Waals surface area (Å²) in [5, 5.41) is 2.92. The van der Waals surface area contributed by atoms with Gasteiger partial charge < -0.3 is 10.1 Å². The monoisotopic (exact) mass is 460 g/mol. The van der Waals surface area contributed by atoms with Gasteiger partial charge in [-0.3, -0.25) is 9.10 Å². The second-order valence-electron chi connectivity index (χ2n) is 6.93. The molecule has 0 aromatic heterocycles.